The molecule has 26 heavy (non-hydrogen) atoms. The molecule has 0 aliphatic carbocycles. The topological polar surface area (TPSA) is 66.9 Å². The van der Waals surface area contributed by atoms with Gasteiger partial charge in [0.25, 0.3) is 0 Å². The molecule has 6 heteroatoms. The number of thiazole rings is 1. The summed E-state index contributed by atoms with van der Waals surface area (Å²) in [7, 11) is 0. The molecule has 5 nitrogen and oxygen atoms in total. The van der Waals surface area contributed by atoms with E-state index >= 15 is 0 Å². The number of nitrogens with zero attached hydrogens (tertiary/aromatic N) is 2. The summed E-state index contributed by atoms with van der Waals surface area (Å²) >= 11 is 1.59. The van der Waals surface area contributed by atoms with Gasteiger partial charge in [0, 0.05) is 29.4 Å². The number of aryl methyl sites for hydroxylation is 2. The molecule has 0 unspecified atom stereocenters. The van der Waals surface area contributed by atoms with Crippen LogP contribution in [0.2, 0.25) is 0 Å². The number of carbonyl (C=O) groups excluding carboxylic acids is 1. The molecule has 0 bridgehead atoms. The first-order chi connectivity index (χ1) is 12.7. The van der Waals surface area contributed by atoms with Crippen molar-refractivity contribution in [1.29, 1.82) is 0 Å². The van der Waals surface area contributed by atoms with Gasteiger partial charge in [-0.1, -0.05) is 30.3 Å². The molecule has 0 fully saturated rings. The molecule has 0 atom stereocenters. The number of pyridine rings is 1. The van der Waals surface area contributed by atoms with Crippen LogP contribution in [-0.4, -0.2) is 22.5 Å². The Hall–Kier alpha value is -2.73. The van der Waals surface area contributed by atoms with E-state index in [0.717, 1.165) is 34.0 Å². The van der Waals surface area contributed by atoms with Crippen LogP contribution in [-0.2, 0) is 13.0 Å². The SMILES string of the molecule is Cc1nc(-c2cccnc2)sc1CNC(=O)NCCCc1ccccc1. The van der Waals surface area contributed by atoms with Crippen molar-refractivity contribution in [3.8, 4) is 10.6 Å². The quantitative estimate of drug-likeness (QED) is 0.622. The standard InChI is InChI=1S/C20H22N4OS/c1-15-18(26-19(24-15)17-10-6-11-21-13-17)14-23-20(25)22-12-5-9-16-7-3-2-4-8-16/h2-4,6-8,10-11,13H,5,9,12,14H2,1H3,(H2,22,23,25). The van der Waals surface area contributed by atoms with Crippen LogP contribution in [0.1, 0.15) is 22.6 Å². The Kier molecular flexibility index (Phi) is 6.33. The van der Waals surface area contributed by atoms with E-state index in [1.807, 2.05) is 37.3 Å². The van der Waals surface area contributed by atoms with Crippen molar-refractivity contribution in [3.05, 3.63) is 71.0 Å². The number of aromatic nitrogens is 2. The van der Waals surface area contributed by atoms with Gasteiger partial charge in [-0.15, -0.1) is 11.3 Å². The summed E-state index contributed by atoms with van der Waals surface area (Å²) in [5.74, 6) is 0. The minimum atomic E-state index is -0.145. The highest BCUT2D eigenvalue weighted by Crippen LogP contribution is 2.27. The number of amides is 2. The number of urea groups is 1. The lowest BCUT2D eigenvalue weighted by molar-refractivity contribution is 0.240. The van der Waals surface area contributed by atoms with Crippen molar-refractivity contribution in [3.63, 3.8) is 0 Å². The number of carbonyl (C=O) groups is 1. The maximum Gasteiger partial charge on any atom is 0.315 e. The second kappa shape index (κ2) is 9.10. The first-order valence-electron chi connectivity index (χ1n) is 8.64. The third-order valence-corrected chi connectivity index (χ3v) is 5.19. The molecule has 0 aliphatic heterocycles. The van der Waals surface area contributed by atoms with E-state index in [0.29, 0.717) is 13.1 Å². The summed E-state index contributed by atoms with van der Waals surface area (Å²) in [6, 6.07) is 14.0. The lowest BCUT2D eigenvalue weighted by atomic mass is 10.1. The third kappa shape index (κ3) is 5.13. The van der Waals surface area contributed by atoms with Crippen LogP contribution in [0, 0.1) is 6.92 Å². The fourth-order valence-corrected chi connectivity index (χ4v) is 3.56. The molecule has 2 heterocycles. The predicted octanol–water partition coefficient (Wildman–Crippen LogP) is 3.95. The van der Waals surface area contributed by atoms with Gasteiger partial charge in [-0.05, 0) is 37.5 Å². The Labute approximate surface area is 157 Å². The van der Waals surface area contributed by atoms with Crippen LogP contribution in [0.5, 0.6) is 0 Å². The van der Waals surface area contributed by atoms with Crippen molar-refractivity contribution in [1.82, 2.24) is 20.6 Å². The van der Waals surface area contributed by atoms with Gasteiger partial charge in [0.1, 0.15) is 5.01 Å². The Morgan fingerprint density at radius 2 is 1.96 bits per heavy atom. The Bertz CT molecular complexity index is 834. The largest absolute Gasteiger partial charge is 0.338 e. The van der Waals surface area contributed by atoms with Crippen molar-refractivity contribution < 1.29 is 4.79 Å². The smallest absolute Gasteiger partial charge is 0.315 e. The minimum absolute atomic E-state index is 0.145. The van der Waals surface area contributed by atoms with Crippen LogP contribution >= 0.6 is 11.3 Å². The van der Waals surface area contributed by atoms with Gasteiger partial charge >= 0.3 is 6.03 Å². The van der Waals surface area contributed by atoms with Gasteiger partial charge in [-0.25, -0.2) is 9.78 Å². The summed E-state index contributed by atoms with van der Waals surface area (Å²) in [4.78, 5) is 21.7. The zero-order chi connectivity index (χ0) is 18.2. The van der Waals surface area contributed by atoms with Gasteiger partial charge in [0.05, 0.1) is 12.2 Å². The zero-order valence-corrected chi connectivity index (χ0v) is 15.6. The molecule has 2 aromatic heterocycles. The molecule has 0 saturated carbocycles. The Morgan fingerprint density at radius 3 is 2.73 bits per heavy atom. The summed E-state index contributed by atoms with van der Waals surface area (Å²) in [5.41, 5.74) is 3.23. The zero-order valence-electron chi connectivity index (χ0n) is 14.7. The first kappa shape index (κ1) is 18.1. The lowest BCUT2D eigenvalue weighted by Crippen LogP contribution is -2.35. The molecule has 3 rings (SSSR count). The second-order valence-corrected chi connectivity index (χ2v) is 7.05. The average molecular weight is 366 g/mol. The van der Waals surface area contributed by atoms with Gasteiger partial charge < -0.3 is 10.6 Å². The first-order valence-corrected chi connectivity index (χ1v) is 9.46. The fraction of sp³-hybridized carbons (Fsp3) is 0.250. The van der Waals surface area contributed by atoms with Crippen LogP contribution in [0.3, 0.4) is 0 Å². The summed E-state index contributed by atoms with van der Waals surface area (Å²) < 4.78 is 0. The van der Waals surface area contributed by atoms with E-state index in [1.165, 1.54) is 5.56 Å². The highest BCUT2D eigenvalue weighted by atomic mass is 32.1. The molecule has 3 aromatic rings. The average Bonchev–Trinajstić information content (AvgIpc) is 3.06. The highest BCUT2D eigenvalue weighted by molar-refractivity contribution is 7.15. The van der Waals surface area contributed by atoms with Crippen LogP contribution in [0.25, 0.3) is 10.6 Å². The van der Waals surface area contributed by atoms with Gasteiger partial charge in [0.15, 0.2) is 0 Å². The summed E-state index contributed by atoms with van der Waals surface area (Å²) in [5, 5.41) is 6.74. The van der Waals surface area contributed by atoms with Gasteiger partial charge in [-0.3, -0.25) is 4.98 Å². The van der Waals surface area contributed by atoms with Crippen LogP contribution < -0.4 is 10.6 Å². The number of benzene rings is 1. The third-order valence-electron chi connectivity index (χ3n) is 3.98. The molecule has 2 N–H and O–H groups in total. The van der Waals surface area contributed by atoms with E-state index in [1.54, 1.807) is 23.7 Å². The number of hydrogen-bond donors (Lipinski definition) is 2. The van der Waals surface area contributed by atoms with Gasteiger partial charge in [0.2, 0.25) is 0 Å². The van der Waals surface area contributed by atoms with Crippen molar-refractivity contribution >= 4 is 17.4 Å². The fourth-order valence-electron chi connectivity index (χ4n) is 2.57. The van der Waals surface area contributed by atoms with E-state index in [-0.39, 0.29) is 6.03 Å². The van der Waals surface area contributed by atoms with Crippen molar-refractivity contribution in [2.24, 2.45) is 0 Å². The maximum absolute atomic E-state index is 12.0. The lowest BCUT2D eigenvalue weighted by Gasteiger charge is -2.07. The number of rotatable bonds is 7. The molecule has 1 aromatic carbocycles. The van der Waals surface area contributed by atoms with E-state index in [4.69, 9.17) is 0 Å². The Morgan fingerprint density at radius 1 is 1.12 bits per heavy atom. The molecule has 0 saturated heterocycles. The van der Waals surface area contributed by atoms with Crippen LogP contribution in [0.15, 0.2) is 54.9 Å². The molecule has 0 aliphatic rings. The predicted molar refractivity (Wildman–Crippen MR) is 105 cm³/mol. The Balaban J connectivity index is 1.42. The monoisotopic (exact) mass is 366 g/mol. The molecule has 2 amide bonds. The number of hydrogen-bond acceptors (Lipinski definition) is 4. The molecule has 134 valence electrons. The molecular weight excluding hydrogens is 344 g/mol. The summed E-state index contributed by atoms with van der Waals surface area (Å²) in [6.07, 6.45) is 5.43. The van der Waals surface area contributed by atoms with Crippen LogP contribution in [0.4, 0.5) is 4.79 Å². The van der Waals surface area contributed by atoms with Crippen molar-refractivity contribution in [2.45, 2.75) is 26.3 Å². The molecule has 0 spiro atoms. The molecule has 0 radical (unpaired) electrons. The normalized spacial score (nSPS) is 10.5. The van der Waals surface area contributed by atoms with E-state index < -0.39 is 0 Å². The summed E-state index contributed by atoms with van der Waals surface area (Å²) in [6.45, 7) is 3.10. The van der Waals surface area contributed by atoms with E-state index in [2.05, 4.69) is 32.7 Å². The number of nitrogens with one attached hydrogen (secondary N) is 2. The highest BCUT2D eigenvalue weighted by Gasteiger charge is 2.10. The van der Waals surface area contributed by atoms with Gasteiger partial charge in [-0.2, -0.15) is 0 Å². The van der Waals surface area contributed by atoms with Crippen molar-refractivity contribution in [2.75, 3.05) is 6.54 Å². The minimum Gasteiger partial charge on any atom is -0.338 e. The maximum atomic E-state index is 12.0. The second-order valence-electron chi connectivity index (χ2n) is 5.97. The molecular formula is C20H22N4OS. The van der Waals surface area contributed by atoms with E-state index in [9.17, 15) is 4.79 Å².